The van der Waals surface area contributed by atoms with Gasteiger partial charge in [0.2, 0.25) is 5.89 Å². The first-order valence-corrected chi connectivity index (χ1v) is 10.1. The fraction of sp³-hybridized carbons (Fsp3) is 0.125. The average Bonchev–Trinajstić information content (AvgIpc) is 3.21. The van der Waals surface area contributed by atoms with Gasteiger partial charge < -0.3 is 4.42 Å². The molecule has 32 heavy (non-hydrogen) atoms. The average molecular weight is 425 g/mol. The zero-order chi connectivity index (χ0) is 22.1. The molecule has 0 fully saturated rings. The molecule has 8 heteroatoms. The summed E-state index contributed by atoms with van der Waals surface area (Å²) in [4.78, 5) is 39.5. The molecule has 3 heterocycles. The van der Waals surface area contributed by atoms with Gasteiger partial charge in [-0.3, -0.25) is 13.9 Å². The minimum Gasteiger partial charge on any atom is -0.441 e. The van der Waals surface area contributed by atoms with Gasteiger partial charge in [0, 0.05) is 18.0 Å². The lowest BCUT2D eigenvalue weighted by molar-refractivity contribution is 0.536. The van der Waals surface area contributed by atoms with E-state index >= 15 is 0 Å². The lowest BCUT2D eigenvalue weighted by Crippen LogP contribution is -2.41. The topological polar surface area (TPSA) is 95.8 Å². The van der Waals surface area contributed by atoms with Crippen molar-refractivity contribution in [3.8, 4) is 11.5 Å². The minimum absolute atomic E-state index is 0.102. The predicted molar refractivity (Wildman–Crippen MR) is 119 cm³/mol. The SMILES string of the molecule is Cc1oc(-c2ccccc2)nc1Cn1c(=O)n(Cc2ccccc2)c(=O)c2nccnc21. The van der Waals surface area contributed by atoms with Crippen LogP contribution in [0.2, 0.25) is 0 Å². The highest BCUT2D eigenvalue weighted by molar-refractivity contribution is 5.68. The molecule has 0 amide bonds. The molecule has 158 valence electrons. The van der Waals surface area contributed by atoms with Crippen LogP contribution in [0.25, 0.3) is 22.6 Å². The molecule has 0 atom stereocenters. The number of fused-ring (bicyclic) bond motifs is 1. The molecule has 2 aromatic carbocycles. The Kier molecular flexibility index (Phi) is 4.95. The molecule has 0 bridgehead atoms. The van der Waals surface area contributed by atoms with Crippen molar-refractivity contribution >= 4 is 11.2 Å². The van der Waals surface area contributed by atoms with E-state index in [2.05, 4.69) is 15.0 Å². The summed E-state index contributed by atoms with van der Waals surface area (Å²) in [6.45, 7) is 2.04. The van der Waals surface area contributed by atoms with E-state index in [1.54, 1.807) is 6.92 Å². The number of hydrogen-bond donors (Lipinski definition) is 0. The molecule has 0 radical (unpaired) electrons. The van der Waals surface area contributed by atoms with E-state index in [1.807, 2.05) is 60.7 Å². The third-order valence-corrected chi connectivity index (χ3v) is 5.25. The van der Waals surface area contributed by atoms with Crippen molar-refractivity contribution in [2.75, 3.05) is 0 Å². The maximum atomic E-state index is 13.4. The van der Waals surface area contributed by atoms with Crippen LogP contribution in [0.4, 0.5) is 0 Å². The standard InChI is InChI=1S/C24H19N5O3/c1-16-19(27-22(32-16)18-10-6-3-7-11-18)15-28-21-20(25-12-13-26-21)23(30)29(24(28)31)14-17-8-4-2-5-9-17/h2-13H,14-15H2,1H3. The molecule has 0 saturated carbocycles. The van der Waals surface area contributed by atoms with Gasteiger partial charge in [-0.15, -0.1) is 0 Å². The Morgan fingerprint density at radius 1 is 0.844 bits per heavy atom. The van der Waals surface area contributed by atoms with Crippen molar-refractivity contribution in [1.82, 2.24) is 24.1 Å². The van der Waals surface area contributed by atoms with E-state index in [0.717, 1.165) is 11.1 Å². The molecule has 3 aromatic heterocycles. The first-order valence-electron chi connectivity index (χ1n) is 10.1. The normalized spacial score (nSPS) is 11.2. The quantitative estimate of drug-likeness (QED) is 0.430. The zero-order valence-electron chi connectivity index (χ0n) is 17.3. The Hall–Kier alpha value is -4.33. The van der Waals surface area contributed by atoms with E-state index < -0.39 is 11.2 Å². The highest BCUT2D eigenvalue weighted by Gasteiger charge is 2.19. The third kappa shape index (κ3) is 3.51. The van der Waals surface area contributed by atoms with Gasteiger partial charge in [0.1, 0.15) is 11.5 Å². The third-order valence-electron chi connectivity index (χ3n) is 5.25. The molecule has 5 rings (SSSR count). The molecule has 0 N–H and O–H groups in total. The van der Waals surface area contributed by atoms with Crippen LogP contribution in [-0.4, -0.2) is 24.1 Å². The summed E-state index contributed by atoms with van der Waals surface area (Å²) in [5.41, 5.74) is 1.67. The second kappa shape index (κ2) is 8.07. The van der Waals surface area contributed by atoms with E-state index in [-0.39, 0.29) is 24.3 Å². The first kappa shape index (κ1) is 19.6. The predicted octanol–water partition coefficient (Wildman–Crippen LogP) is 3.01. The van der Waals surface area contributed by atoms with Gasteiger partial charge in [-0.05, 0) is 24.6 Å². The Balaban J connectivity index is 1.64. The summed E-state index contributed by atoms with van der Waals surface area (Å²) in [6, 6.07) is 18.9. The molecule has 5 aromatic rings. The Labute approximate surface area is 182 Å². The highest BCUT2D eigenvalue weighted by atomic mass is 16.4. The van der Waals surface area contributed by atoms with Crippen molar-refractivity contribution in [1.29, 1.82) is 0 Å². The Morgan fingerprint density at radius 3 is 2.28 bits per heavy atom. The monoisotopic (exact) mass is 425 g/mol. The summed E-state index contributed by atoms with van der Waals surface area (Å²) in [5, 5.41) is 0. The minimum atomic E-state index is -0.476. The first-order chi connectivity index (χ1) is 15.6. The molecule has 0 aliphatic heterocycles. The van der Waals surface area contributed by atoms with Gasteiger partial charge >= 0.3 is 5.69 Å². The number of benzene rings is 2. The smallest absolute Gasteiger partial charge is 0.333 e. The second-order valence-electron chi connectivity index (χ2n) is 7.36. The van der Waals surface area contributed by atoms with Crippen LogP contribution >= 0.6 is 0 Å². The summed E-state index contributed by atoms with van der Waals surface area (Å²) >= 11 is 0. The van der Waals surface area contributed by atoms with Gasteiger partial charge in [-0.2, -0.15) is 0 Å². The van der Waals surface area contributed by atoms with E-state index in [0.29, 0.717) is 17.3 Å². The van der Waals surface area contributed by atoms with Crippen molar-refractivity contribution in [3.05, 3.63) is 111 Å². The summed E-state index contributed by atoms with van der Waals surface area (Å²) in [5.74, 6) is 1.06. The number of rotatable bonds is 5. The largest absolute Gasteiger partial charge is 0.441 e. The molecule has 0 aliphatic rings. The summed E-state index contributed by atoms with van der Waals surface area (Å²) in [6.07, 6.45) is 2.91. The number of hydrogen-bond acceptors (Lipinski definition) is 6. The second-order valence-corrected chi connectivity index (χ2v) is 7.36. The number of aromatic nitrogens is 5. The molecular weight excluding hydrogens is 406 g/mol. The van der Waals surface area contributed by atoms with Gasteiger partial charge in [0.25, 0.3) is 5.56 Å². The van der Waals surface area contributed by atoms with Crippen LogP contribution in [0.15, 0.2) is 87.1 Å². The van der Waals surface area contributed by atoms with E-state index in [1.165, 1.54) is 21.5 Å². The molecule has 0 spiro atoms. The van der Waals surface area contributed by atoms with E-state index in [9.17, 15) is 9.59 Å². The summed E-state index contributed by atoms with van der Waals surface area (Å²) in [7, 11) is 0. The van der Waals surface area contributed by atoms with Gasteiger partial charge in [-0.1, -0.05) is 48.5 Å². The molecule has 0 unspecified atom stereocenters. The van der Waals surface area contributed by atoms with Crippen LogP contribution in [0, 0.1) is 6.92 Å². The van der Waals surface area contributed by atoms with Crippen LogP contribution in [0.3, 0.4) is 0 Å². The summed E-state index contributed by atoms with van der Waals surface area (Å²) < 4.78 is 8.45. The fourth-order valence-electron chi connectivity index (χ4n) is 3.61. The van der Waals surface area contributed by atoms with Crippen molar-refractivity contribution in [3.63, 3.8) is 0 Å². The van der Waals surface area contributed by atoms with Crippen LogP contribution in [-0.2, 0) is 13.1 Å². The van der Waals surface area contributed by atoms with Crippen molar-refractivity contribution in [2.45, 2.75) is 20.0 Å². The van der Waals surface area contributed by atoms with Crippen LogP contribution in [0.5, 0.6) is 0 Å². The maximum absolute atomic E-state index is 13.4. The molecule has 8 nitrogen and oxygen atoms in total. The molecule has 0 aliphatic carbocycles. The lowest BCUT2D eigenvalue weighted by Gasteiger charge is -2.12. The van der Waals surface area contributed by atoms with Gasteiger partial charge in [0.15, 0.2) is 11.2 Å². The number of oxazole rings is 1. The van der Waals surface area contributed by atoms with E-state index in [4.69, 9.17) is 4.42 Å². The fourth-order valence-corrected chi connectivity index (χ4v) is 3.61. The zero-order valence-corrected chi connectivity index (χ0v) is 17.3. The van der Waals surface area contributed by atoms with Gasteiger partial charge in [-0.25, -0.2) is 19.7 Å². The Bertz CT molecular complexity index is 1520. The van der Waals surface area contributed by atoms with Crippen LogP contribution in [0.1, 0.15) is 17.0 Å². The Morgan fingerprint density at radius 2 is 1.53 bits per heavy atom. The highest BCUT2D eigenvalue weighted by Crippen LogP contribution is 2.22. The van der Waals surface area contributed by atoms with Crippen molar-refractivity contribution < 1.29 is 4.42 Å². The van der Waals surface area contributed by atoms with Crippen molar-refractivity contribution in [2.24, 2.45) is 0 Å². The number of nitrogens with zero attached hydrogens (tertiary/aromatic N) is 5. The molecule has 0 saturated heterocycles. The van der Waals surface area contributed by atoms with Crippen LogP contribution < -0.4 is 11.2 Å². The molecular formula is C24H19N5O3. The van der Waals surface area contributed by atoms with Gasteiger partial charge in [0.05, 0.1) is 13.1 Å². The maximum Gasteiger partial charge on any atom is 0.333 e. The lowest BCUT2D eigenvalue weighted by atomic mass is 10.2. The number of aryl methyl sites for hydroxylation is 1.